The van der Waals surface area contributed by atoms with E-state index < -0.39 is 0 Å². The van der Waals surface area contributed by atoms with Gasteiger partial charge in [-0.05, 0) is 51.0 Å². The van der Waals surface area contributed by atoms with Crippen LogP contribution in [0.5, 0.6) is 0 Å². The number of rotatable bonds is 3. The molecule has 90 valence electrons. The summed E-state index contributed by atoms with van der Waals surface area (Å²) in [7, 11) is 2.21. The van der Waals surface area contributed by atoms with E-state index in [9.17, 15) is 0 Å². The second-order valence-corrected chi connectivity index (χ2v) is 4.49. The number of likely N-dealkylation sites (tertiary alicyclic amines) is 1. The van der Waals surface area contributed by atoms with E-state index in [0.29, 0.717) is 0 Å². The first-order valence-corrected chi connectivity index (χ1v) is 5.82. The van der Waals surface area contributed by atoms with Gasteiger partial charge in [0.1, 0.15) is 0 Å². The summed E-state index contributed by atoms with van der Waals surface area (Å²) in [4.78, 5) is 2.42. The summed E-state index contributed by atoms with van der Waals surface area (Å²) in [6.45, 7) is 3.63. The molecule has 1 N–H and O–H groups in total. The first-order chi connectivity index (χ1) is 7.34. The zero-order valence-electron chi connectivity index (χ0n) is 9.86. The van der Waals surface area contributed by atoms with Crippen LogP contribution in [-0.4, -0.2) is 31.6 Å². The van der Waals surface area contributed by atoms with Gasteiger partial charge in [-0.15, -0.1) is 17.0 Å². The standard InChI is InChI=1S/C13H20N2.BrH/c1-15-9-7-12(8-10-15)11-14-13-5-3-2-4-6-13;/h2-6,12,14H,7-11H2,1H3;1H. The fourth-order valence-electron chi connectivity index (χ4n) is 2.08. The van der Waals surface area contributed by atoms with E-state index in [-0.39, 0.29) is 17.0 Å². The van der Waals surface area contributed by atoms with Gasteiger partial charge in [-0.25, -0.2) is 0 Å². The predicted molar refractivity (Wildman–Crippen MR) is 75.5 cm³/mol. The summed E-state index contributed by atoms with van der Waals surface area (Å²) in [5.74, 6) is 0.849. The van der Waals surface area contributed by atoms with Crippen LogP contribution in [-0.2, 0) is 0 Å². The smallest absolute Gasteiger partial charge is 0.0340 e. The molecule has 2 rings (SSSR count). The van der Waals surface area contributed by atoms with Gasteiger partial charge in [0, 0.05) is 12.2 Å². The quantitative estimate of drug-likeness (QED) is 0.918. The molecule has 0 aliphatic carbocycles. The maximum absolute atomic E-state index is 3.51. The number of para-hydroxylation sites is 1. The molecule has 0 atom stereocenters. The molecule has 0 aromatic heterocycles. The average molecular weight is 285 g/mol. The van der Waals surface area contributed by atoms with E-state index in [4.69, 9.17) is 0 Å². The van der Waals surface area contributed by atoms with Crippen molar-refractivity contribution in [3.8, 4) is 0 Å². The van der Waals surface area contributed by atoms with Crippen molar-refractivity contribution in [2.45, 2.75) is 12.8 Å². The monoisotopic (exact) mass is 284 g/mol. The van der Waals surface area contributed by atoms with Gasteiger partial charge in [-0.1, -0.05) is 18.2 Å². The summed E-state index contributed by atoms with van der Waals surface area (Å²) >= 11 is 0. The summed E-state index contributed by atoms with van der Waals surface area (Å²) in [5.41, 5.74) is 1.25. The maximum Gasteiger partial charge on any atom is 0.0340 e. The molecule has 1 aliphatic rings. The van der Waals surface area contributed by atoms with Crippen molar-refractivity contribution in [1.82, 2.24) is 4.90 Å². The molecule has 1 aliphatic heterocycles. The number of halogens is 1. The van der Waals surface area contributed by atoms with E-state index in [1.807, 2.05) is 0 Å². The molecule has 1 fully saturated rings. The van der Waals surface area contributed by atoms with E-state index in [1.165, 1.54) is 31.6 Å². The van der Waals surface area contributed by atoms with Crippen LogP contribution in [0.2, 0.25) is 0 Å². The minimum Gasteiger partial charge on any atom is -0.385 e. The third-order valence-corrected chi connectivity index (χ3v) is 3.21. The Balaban J connectivity index is 0.00000128. The second-order valence-electron chi connectivity index (χ2n) is 4.49. The number of nitrogens with one attached hydrogen (secondary N) is 1. The Morgan fingerprint density at radius 3 is 2.44 bits per heavy atom. The molecule has 0 bridgehead atoms. The Morgan fingerprint density at radius 2 is 1.81 bits per heavy atom. The molecule has 16 heavy (non-hydrogen) atoms. The summed E-state index contributed by atoms with van der Waals surface area (Å²) in [5, 5.41) is 3.51. The Hall–Kier alpha value is -0.540. The Morgan fingerprint density at radius 1 is 1.19 bits per heavy atom. The highest BCUT2D eigenvalue weighted by molar-refractivity contribution is 8.93. The number of piperidine rings is 1. The van der Waals surface area contributed by atoms with Crippen LogP contribution in [0.3, 0.4) is 0 Å². The lowest BCUT2D eigenvalue weighted by Gasteiger charge is -2.29. The molecular formula is C13H21BrN2. The zero-order chi connectivity index (χ0) is 10.5. The summed E-state index contributed by atoms with van der Waals surface area (Å²) in [6.07, 6.45) is 2.66. The number of anilines is 1. The van der Waals surface area contributed by atoms with E-state index >= 15 is 0 Å². The van der Waals surface area contributed by atoms with Gasteiger partial charge >= 0.3 is 0 Å². The summed E-state index contributed by atoms with van der Waals surface area (Å²) < 4.78 is 0. The highest BCUT2D eigenvalue weighted by Gasteiger charge is 2.15. The van der Waals surface area contributed by atoms with Crippen LogP contribution in [0.4, 0.5) is 5.69 Å². The lowest BCUT2D eigenvalue weighted by atomic mass is 9.97. The van der Waals surface area contributed by atoms with E-state index in [2.05, 4.69) is 47.6 Å². The normalized spacial score (nSPS) is 17.8. The SMILES string of the molecule is Br.CN1CCC(CNc2ccccc2)CC1. The van der Waals surface area contributed by atoms with Crippen molar-refractivity contribution in [2.24, 2.45) is 5.92 Å². The lowest BCUT2D eigenvalue weighted by Crippen LogP contribution is -2.32. The minimum atomic E-state index is 0. The van der Waals surface area contributed by atoms with Gasteiger partial charge in [-0.3, -0.25) is 0 Å². The van der Waals surface area contributed by atoms with E-state index in [1.54, 1.807) is 0 Å². The molecule has 0 spiro atoms. The predicted octanol–water partition coefficient (Wildman–Crippen LogP) is 3.02. The van der Waals surface area contributed by atoms with Crippen LogP contribution in [0, 0.1) is 5.92 Å². The Bertz CT molecular complexity index is 281. The molecule has 1 aromatic rings. The Labute approximate surface area is 109 Å². The fourth-order valence-corrected chi connectivity index (χ4v) is 2.08. The second kappa shape index (κ2) is 6.92. The molecular weight excluding hydrogens is 264 g/mol. The largest absolute Gasteiger partial charge is 0.385 e. The molecule has 0 radical (unpaired) electrons. The average Bonchev–Trinajstić information content (AvgIpc) is 2.30. The third-order valence-electron chi connectivity index (χ3n) is 3.21. The van der Waals surface area contributed by atoms with Crippen molar-refractivity contribution >= 4 is 22.7 Å². The molecule has 0 unspecified atom stereocenters. The molecule has 1 heterocycles. The lowest BCUT2D eigenvalue weighted by molar-refractivity contribution is 0.226. The van der Waals surface area contributed by atoms with Crippen LogP contribution >= 0.6 is 17.0 Å². The first-order valence-electron chi connectivity index (χ1n) is 5.82. The van der Waals surface area contributed by atoms with E-state index in [0.717, 1.165) is 12.5 Å². The Kier molecular flexibility index (Phi) is 5.85. The fraction of sp³-hybridized carbons (Fsp3) is 0.538. The van der Waals surface area contributed by atoms with Gasteiger partial charge in [0.05, 0.1) is 0 Å². The number of nitrogens with zero attached hydrogens (tertiary/aromatic N) is 1. The molecule has 2 nitrogen and oxygen atoms in total. The van der Waals surface area contributed by atoms with Gasteiger partial charge in [-0.2, -0.15) is 0 Å². The van der Waals surface area contributed by atoms with Crippen LogP contribution in [0.25, 0.3) is 0 Å². The molecule has 1 saturated heterocycles. The van der Waals surface area contributed by atoms with Gasteiger partial charge in [0.2, 0.25) is 0 Å². The van der Waals surface area contributed by atoms with Crippen molar-refractivity contribution < 1.29 is 0 Å². The summed E-state index contributed by atoms with van der Waals surface area (Å²) in [6, 6.07) is 10.5. The van der Waals surface area contributed by atoms with Crippen LogP contribution in [0.15, 0.2) is 30.3 Å². The minimum absolute atomic E-state index is 0. The topological polar surface area (TPSA) is 15.3 Å². The molecule has 0 amide bonds. The first kappa shape index (κ1) is 13.5. The zero-order valence-corrected chi connectivity index (χ0v) is 11.6. The third kappa shape index (κ3) is 4.14. The molecule has 1 aromatic carbocycles. The highest BCUT2D eigenvalue weighted by Crippen LogP contribution is 2.16. The van der Waals surface area contributed by atoms with Gasteiger partial charge in [0.25, 0.3) is 0 Å². The van der Waals surface area contributed by atoms with Crippen molar-refractivity contribution in [3.63, 3.8) is 0 Å². The molecule has 0 saturated carbocycles. The molecule has 3 heteroatoms. The number of hydrogen-bond donors (Lipinski definition) is 1. The highest BCUT2D eigenvalue weighted by atomic mass is 79.9. The van der Waals surface area contributed by atoms with Crippen molar-refractivity contribution in [2.75, 3.05) is 32.0 Å². The van der Waals surface area contributed by atoms with Crippen molar-refractivity contribution in [3.05, 3.63) is 30.3 Å². The van der Waals surface area contributed by atoms with Crippen LogP contribution in [0.1, 0.15) is 12.8 Å². The number of benzene rings is 1. The maximum atomic E-state index is 3.51. The number of hydrogen-bond acceptors (Lipinski definition) is 2. The van der Waals surface area contributed by atoms with Gasteiger partial charge in [0.15, 0.2) is 0 Å². The van der Waals surface area contributed by atoms with Gasteiger partial charge < -0.3 is 10.2 Å². The van der Waals surface area contributed by atoms with Crippen molar-refractivity contribution in [1.29, 1.82) is 0 Å². The van der Waals surface area contributed by atoms with Crippen LogP contribution < -0.4 is 5.32 Å².